The van der Waals surface area contributed by atoms with Crippen molar-refractivity contribution in [1.82, 2.24) is 0 Å². The fraction of sp³-hybridized carbons (Fsp3) is 0.300. The number of rotatable bonds is 5. The molecule has 1 aliphatic rings. The molecular weight excluding hydrogens is 399 g/mol. The number of fused-ring (bicyclic) bond motifs is 1. The molecule has 136 valence electrons. The first-order valence-corrected chi connectivity index (χ1v) is 9.30. The van der Waals surface area contributed by atoms with Gasteiger partial charge >= 0.3 is 0 Å². The summed E-state index contributed by atoms with van der Waals surface area (Å²) in [6, 6.07) is 8.70. The maximum atomic E-state index is 14.6. The summed E-state index contributed by atoms with van der Waals surface area (Å²) in [5, 5.41) is 1.39. The number of ketones is 1. The highest BCUT2D eigenvalue weighted by Gasteiger charge is 2.41. The summed E-state index contributed by atoms with van der Waals surface area (Å²) in [6.45, 7) is 5.50. The van der Waals surface area contributed by atoms with Crippen LogP contribution in [0.5, 0.6) is 0 Å². The number of nitrogens with zero attached hydrogens (tertiary/aromatic N) is 1. The van der Waals surface area contributed by atoms with Crippen LogP contribution in [0.2, 0.25) is 0 Å². The van der Waals surface area contributed by atoms with Crippen LogP contribution in [0.1, 0.15) is 42.4 Å². The van der Waals surface area contributed by atoms with E-state index in [0.29, 0.717) is 17.7 Å². The van der Waals surface area contributed by atoms with E-state index < -0.39 is 11.7 Å². The maximum absolute atomic E-state index is 14.6. The number of halogens is 2. The second-order valence-corrected chi connectivity index (χ2v) is 7.44. The van der Waals surface area contributed by atoms with E-state index in [1.807, 2.05) is 32.0 Å². The number of hydrogen-bond donors (Lipinski definition) is 1. The van der Waals surface area contributed by atoms with Crippen molar-refractivity contribution in [2.45, 2.75) is 39.5 Å². The van der Waals surface area contributed by atoms with E-state index in [0.717, 1.165) is 21.3 Å². The monoisotopic (exact) mass is 418 g/mol. The predicted octanol–water partition coefficient (Wildman–Crippen LogP) is 5.03. The van der Waals surface area contributed by atoms with Gasteiger partial charge in [-0.15, -0.1) is 0 Å². The van der Waals surface area contributed by atoms with Crippen LogP contribution in [0, 0.1) is 19.7 Å². The third-order valence-corrected chi connectivity index (χ3v) is 5.21. The van der Waals surface area contributed by atoms with Gasteiger partial charge in [0.25, 0.3) is 5.91 Å². The third kappa shape index (κ3) is 3.26. The van der Waals surface area contributed by atoms with E-state index >= 15 is 0 Å². The Balaban J connectivity index is 2.07. The number of anilines is 2. The van der Waals surface area contributed by atoms with Crippen molar-refractivity contribution in [3.8, 4) is 0 Å². The lowest BCUT2D eigenvalue weighted by Gasteiger charge is -2.23. The Morgan fingerprint density at radius 3 is 2.62 bits per heavy atom. The zero-order valence-corrected chi connectivity index (χ0v) is 16.5. The lowest BCUT2D eigenvalue weighted by molar-refractivity contribution is -0.124. The van der Waals surface area contributed by atoms with Crippen LogP contribution >= 0.6 is 15.9 Å². The van der Waals surface area contributed by atoms with E-state index in [9.17, 15) is 14.0 Å². The van der Waals surface area contributed by atoms with E-state index in [1.54, 1.807) is 13.0 Å². The van der Waals surface area contributed by atoms with Gasteiger partial charge in [-0.3, -0.25) is 15.0 Å². The van der Waals surface area contributed by atoms with Gasteiger partial charge in [-0.2, -0.15) is 0 Å². The second kappa shape index (κ2) is 7.19. The van der Waals surface area contributed by atoms with Crippen LogP contribution in [-0.4, -0.2) is 11.7 Å². The molecule has 1 heterocycles. The van der Waals surface area contributed by atoms with Gasteiger partial charge in [-0.25, -0.2) is 9.40 Å². The number of benzene rings is 2. The number of Topliss-reactive ketones (excluding diaryl/α,β-unsaturated/α-hetero) is 1. The van der Waals surface area contributed by atoms with Crippen LogP contribution in [0.25, 0.3) is 0 Å². The highest BCUT2D eigenvalue weighted by atomic mass is 79.9. The van der Waals surface area contributed by atoms with Gasteiger partial charge < -0.3 is 0 Å². The summed E-state index contributed by atoms with van der Waals surface area (Å²) < 4.78 is 15.4. The van der Waals surface area contributed by atoms with Crippen LogP contribution < -0.4 is 10.4 Å². The Morgan fingerprint density at radius 2 is 1.92 bits per heavy atom. The largest absolute Gasteiger partial charge is 0.300 e. The Bertz CT molecular complexity index is 898. The van der Waals surface area contributed by atoms with Crippen molar-refractivity contribution in [3.05, 3.63) is 57.3 Å². The maximum Gasteiger partial charge on any atom is 0.253 e. The molecule has 0 bridgehead atoms. The molecule has 0 radical (unpaired) electrons. The SMILES string of the molecule is CCC(=O)CC1C(=O)N(Nc2cc(Br)ccc2C)c2c(C)ccc(F)c21. The normalized spacial score (nSPS) is 16.0. The predicted molar refractivity (Wildman–Crippen MR) is 104 cm³/mol. The molecule has 1 atom stereocenters. The van der Waals surface area contributed by atoms with E-state index in [2.05, 4.69) is 21.4 Å². The molecule has 0 aliphatic carbocycles. The van der Waals surface area contributed by atoms with Crippen molar-refractivity contribution < 1.29 is 14.0 Å². The average Bonchev–Trinajstić information content (AvgIpc) is 2.88. The van der Waals surface area contributed by atoms with Gasteiger partial charge in [0, 0.05) is 22.9 Å². The minimum absolute atomic E-state index is 0.0123. The van der Waals surface area contributed by atoms with Crippen LogP contribution in [0.3, 0.4) is 0 Å². The van der Waals surface area contributed by atoms with Crippen LogP contribution in [-0.2, 0) is 9.59 Å². The highest BCUT2D eigenvalue weighted by Crippen LogP contribution is 2.43. The Kier molecular flexibility index (Phi) is 5.14. The topological polar surface area (TPSA) is 49.4 Å². The molecule has 2 aromatic rings. The van der Waals surface area contributed by atoms with Gasteiger partial charge in [0.15, 0.2) is 0 Å². The summed E-state index contributed by atoms with van der Waals surface area (Å²) in [5.74, 6) is -1.62. The number of carbonyl (C=O) groups is 2. The molecule has 1 unspecified atom stereocenters. The van der Waals surface area contributed by atoms with Crippen molar-refractivity contribution in [2.24, 2.45) is 0 Å². The standard InChI is InChI=1S/C20H20BrFN2O2/c1-4-14(25)10-15-18-16(22)8-6-12(3)19(18)24(20(15)26)23-17-9-13(21)7-5-11(17)2/h5-9,15,23H,4,10H2,1-3H3. The molecule has 1 N–H and O–H groups in total. The van der Waals surface area contributed by atoms with Crippen molar-refractivity contribution >= 4 is 39.0 Å². The summed E-state index contributed by atoms with van der Waals surface area (Å²) in [6.07, 6.45) is 0.336. The van der Waals surface area contributed by atoms with E-state index in [1.165, 1.54) is 11.1 Å². The Labute approximate surface area is 160 Å². The Hall–Kier alpha value is -2.21. The molecule has 1 aliphatic heterocycles. The highest BCUT2D eigenvalue weighted by molar-refractivity contribution is 9.10. The molecule has 2 aromatic carbocycles. The quantitative estimate of drug-likeness (QED) is 0.740. The second-order valence-electron chi connectivity index (χ2n) is 6.52. The minimum Gasteiger partial charge on any atom is -0.300 e. The lowest BCUT2D eigenvalue weighted by atomic mass is 9.93. The molecule has 0 saturated carbocycles. The molecular formula is C20H20BrFN2O2. The number of amides is 1. The summed E-state index contributed by atoms with van der Waals surface area (Å²) in [7, 11) is 0. The van der Waals surface area contributed by atoms with Gasteiger partial charge in [0.2, 0.25) is 0 Å². The lowest BCUT2D eigenvalue weighted by Crippen LogP contribution is -2.35. The van der Waals surface area contributed by atoms with Gasteiger partial charge in [0.1, 0.15) is 11.6 Å². The molecule has 0 spiro atoms. The van der Waals surface area contributed by atoms with Crippen molar-refractivity contribution in [3.63, 3.8) is 0 Å². The fourth-order valence-corrected chi connectivity index (χ4v) is 3.58. The summed E-state index contributed by atoms with van der Waals surface area (Å²) in [4.78, 5) is 25.0. The molecule has 0 aromatic heterocycles. The van der Waals surface area contributed by atoms with Crippen molar-refractivity contribution in [2.75, 3.05) is 10.4 Å². The molecule has 0 fully saturated rings. The number of nitrogens with one attached hydrogen (secondary N) is 1. The minimum atomic E-state index is -0.794. The van der Waals surface area contributed by atoms with Crippen LogP contribution in [0.15, 0.2) is 34.8 Å². The number of carbonyl (C=O) groups excluding carboxylic acids is 2. The number of aryl methyl sites for hydroxylation is 2. The average molecular weight is 419 g/mol. The van der Waals surface area contributed by atoms with Crippen LogP contribution in [0.4, 0.5) is 15.8 Å². The zero-order valence-electron chi connectivity index (χ0n) is 14.9. The van der Waals surface area contributed by atoms with Gasteiger partial charge in [-0.1, -0.05) is 35.0 Å². The zero-order chi connectivity index (χ0) is 19.0. The number of hydrogen-bond acceptors (Lipinski definition) is 3. The molecule has 6 heteroatoms. The van der Waals surface area contributed by atoms with E-state index in [4.69, 9.17) is 0 Å². The first-order valence-electron chi connectivity index (χ1n) is 8.51. The number of hydrazine groups is 1. The smallest absolute Gasteiger partial charge is 0.253 e. The molecule has 0 saturated heterocycles. The first-order chi connectivity index (χ1) is 12.3. The van der Waals surface area contributed by atoms with E-state index in [-0.39, 0.29) is 18.1 Å². The fourth-order valence-electron chi connectivity index (χ4n) is 3.22. The van der Waals surface area contributed by atoms with Gasteiger partial charge in [-0.05, 0) is 43.2 Å². The summed E-state index contributed by atoms with van der Waals surface area (Å²) >= 11 is 3.42. The van der Waals surface area contributed by atoms with Gasteiger partial charge in [0.05, 0.1) is 17.3 Å². The summed E-state index contributed by atoms with van der Waals surface area (Å²) in [5.41, 5.74) is 6.40. The first kappa shape index (κ1) is 18.6. The Morgan fingerprint density at radius 1 is 1.23 bits per heavy atom. The molecule has 26 heavy (non-hydrogen) atoms. The van der Waals surface area contributed by atoms with Crippen molar-refractivity contribution in [1.29, 1.82) is 0 Å². The molecule has 1 amide bonds. The third-order valence-electron chi connectivity index (χ3n) is 4.71. The molecule has 4 nitrogen and oxygen atoms in total. The molecule has 3 rings (SSSR count).